The molecule has 1 saturated carbocycles. The van der Waals surface area contributed by atoms with Gasteiger partial charge in [0, 0.05) is 50.2 Å². The zero-order valence-electron chi connectivity index (χ0n) is 17.7. The van der Waals surface area contributed by atoms with E-state index in [1.165, 1.54) is 0 Å². The van der Waals surface area contributed by atoms with Crippen LogP contribution >= 0.6 is 0 Å². The van der Waals surface area contributed by atoms with E-state index in [-0.39, 0.29) is 23.8 Å². The average Bonchev–Trinajstić information content (AvgIpc) is 3.12. The Balaban J connectivity index is 1.36. The summed E-state index contributed by atoms with van der Waals surface area (Å²) >= 11 is 0. The first-order valence-corrected chi connectivity index (χ1v) is 11.1. The molecule has 0 spiro atoms. The Labute approximate surface area is 177 Å². The van der Waals surface area contributed by atoms with Crippen molar-refractivity contribution in [3.8, 4) is 0 Å². The third-order valence-electron chi connectivity index (χ3n) is 6.43. The van der Waals surface area contributed by atoms with Crippen LogP contribution in [-0.4, -0.2) is 66.7 Å². The minimum Gasteiger partial charge on any atom is -0.379 e. The second-order valence-corrected chi connectivity index (χ2v) is 8.36. The second-order valence-electron chi connectivity index (χ2n) is 8.36. The van der Waals surface area contributed by atoms with E-state index in [0.717, 1.165) is 69.4 Å². The van der Waals surface area contributed by atoms with Gasteiger partial charge in [-0.1, -0.05) is 31.0 Å². The number of amides is 2. The molecule has 0 radical (unpaired) electrons. The van der Waals surface area contributed by atoms with Crippen LogP contribution in [0.25, 0.3) is 10.9 Å². The highest BCUT2D eigenvalue weighted by Gasteiger charge is 2.32. The predicted octanol–water partition coefficient (Wildman–Crippen LogP) is 1.92. The van der Waals surface area contributed by atoms with E-state index in [9.17, 15) is 9.59 Å². The molecule has 1 aromatic carbocycles. The number of morpholine rings is 1. The van der Waals surface area contributed by atoms with Crippen molar-refractivity contribution in [1.29, 1.82) is 0 Å². The Hall–Kier alpha value is -2.38. The minimum atomic E-state index is -0.165. The van der Waals surface area contributed by atoms with Crippen molar-refractivity contribution in [3.63, 3.8) is 0 Å². The van der Waals surface area contributed by atoms with Gasteiger partial charge in [-0.2, -0.15) is 0 Å². The molecule has 7 heteroatoms. The number of aryl methyl sites for hydroxylation is 1. The Bertz CT molecular complexity index is 888. The zero-order chi connectivity index (χ0) is 20.9. The summed E-state index contributed by atoms with van der Waals surface area (Å²) in [5, 5.41) is 7.31. The first kappa shape index (κ1) is 20.9. The van der Waals surface area contributed by atoms with Gasteiger partial charge in [0.25, 0.3) is 5.91 Å². The summed E-state index contributed by atoms with van der Waals surface area (Å²) in [5.41, 5.74) is 1.66. The molecular formula is C23H32N4O3. The van der Waals surface area contributed by atoms with E-state index in [2.05, 4.69) is 15.5 Å². The van der Waals surface area contributed by atoms with Gasteiger partial charge in [0.15, 0.2) is 0 Å². The van der Waals surface area contributed by atoms with Crippen molar-refractivity contribution >= 4 is 22.7 Å². The van der Waals surface area contributed by atoms with Crippen LogP contribution in [0.1, 0.15) is 36.2 Å². The summed E-state index contributed by atoms with van der Waals surface area (Å²) in [6, 6.07) is 9.78. The number of carbonyl (C=O) groups excluding carboxylic acids is 2. The van der Waals surface area contributed by atoms with E-state index >= 15 is 0 Å². The van der Waals surface area contributed by atoms with Crippen LogP contribution < -0.4 is 10.6 Å². The van der Waals surface area contributed by atoms with Crippen molar-refractivity contribution in [2.75, 3.05) is 39.4 Å². The normalized spacial score (nSPS) is 22.7. The predicted molar refractivity (Wildman–Crippen MR) is 116 cm³/mol. The molecular weight excluding hydrogens is 380 g/mol. The molecule has 1 saturated heterocycles. The smallest absolute Gasteiger partial charge is 0.268 e. The van der Waals surface area contributed by atoms with Gasteiger partial charge in [0.2, 0.25) is 5.91 Å². The molecule has 162 valence electrons. The summed E-state index contributed by atoms with van der Waals surface area (Å²) in [6.07, 6.45) is 3.74. The minimum absolute atomic E-state index is 0.0605. The number of aromatic nitrogens is 1. The molecule has 7 nitrogen and oxygen atoms in total. The number of fused-ring (bicyclic) bond motifs is 1. The van der Waals surface area contributed by atoms with Crippen LogP contribution in [0.15, 0.2) is 30.3 Å². The van der Waals surface area contributed by atoms with Crippen LogP contribution in [0.5, 0.6) is 0 Å². The fourth-order valence-electron chi connectivity index (χ4n) is 4.66. The Morgan fingerprint density at radius 1 is 1.13 bits per heavy atom. The Morgan fingerprint density at radius 2 is 1.90 bits per heavy atom. The van der Waals surface area contributed by atoms with Crippen LogP contribution in [0.4, 0.5) is 0 Å². The fraction of sp³-hybridized carbons (Fsp3) is 0.565. The Morgan fingerprint density at radius 3 is 2.70 bits per heavy atom. The SMILES string of the molecule is Cn1c(C(=O)N[C@H]2CCCC[C@H]2C(=O)NCCN2CCOCC2)cc2ccccc21. The fourth-order valence-corrected chi connectivity index (χ4v) is 4.66. The number of hydrogen-bond donors (Lipinski definition) is 2. The maximum atomic E-state index is 13.0. The van der Waals surface area contributed by atoms with Crippen molar-refractivity contribution in [3.05, 3.63) is 36.0 Å². The third-order valence-corrected chi connectivity index (χ3v) is 6.43. The summed E-state index contributed by atoms with van der Waals surface area (Å²) in [4.78, 5) is 28.2. The molecule has 1 aliphatic carbocycles. The van der Waals surface area contributed by atoms with Gasteiger partial charge in [-0.05, 0) is 25.0 Å². The lowest BCUT2D eigenvalue weighted by Gasteiger charge is -2.32. The first-order chi connectivity index (χ1) is 14.6. The van der Waals surface area contributed by atoms with E-state index < -0.39 is 0 Å². The topological polar surface area (TPSA) is 75.6 Å². The van der Waals surface area contributed by atoms with Gasteiger partial charge < -0.3 is 19.9 Å². The highest BCUT2D eigenvalue weighted by Crippen LogP contribution is 2.26. The zero-order valence-corrected chi connectivity index (χ0v) is 17.7. The molecule has 0 unspecified atom stereocenters. The molecule has 2 N–H and O–H groups in total. The van der Waals surface area contributed by atoms with E-state index in [0.29, 0.717) is 12.2 Å². The van der Waals surface area contributed by atoms with Gasteiger partial charge in [-0.15, -0.1) is 0 Å². The number of carbonyl (C=O) groups is 2. The lowest BCUT2D eigenvalue weighted by molar-refractivity contribution is -0.126. The number of benzene rings is 1. The van der Waals surface area contributed by atoms with Crippen molar-refractivity contribution in [2.24, 2.45) is 13.0 Å². The van der Waals surface area contributed by atoms with Gasteiger partial charge >= 0.3 is 0 Å². The molecule has 2 heterocycles. The molecule has 0 bridgehead atoms. The molecule has 1 aromatic heterocycles. The largest absolute Gasteiger partial charge is 0.379 e. The van der Waals surface area contributed by atoms with Crippen LogP contribution in [-0.2, 0) is 16.6 Å². The molecule has 2 fully saturated rings. The molecule has 1 aliphatic heterocycles. The number of nitrogens with one attached hydrogen (secondary N) is 2. The van der Waals surface area contributed by atoms with Gasteiger partial charge in [-0.25, -0.2) is 0 Å². The number of nitrogens with zero attached hydrogens (tertiary/aromatic N) is 2. The first-order valence-electron chi connectivity index (χ1n) is 11.1. The number of ether oxygens (including phenoxy) is 1. The van der Waals surface area contributed by atoms with Crippen molar-refractivity contribution < 1.29 is 14.3 Å². The van der Waals surface area contributed by atoms with E-state index in [4.69, 9.17) is 4.74 Å². The van der Waals surface area contributed by atoms with Crippen molar-refractivity contribution in [1.82, 2.24) is 20.1 Å². The summed E-state index contributed by atoms with van der Waals surface area (Å²) in [7, 11) is 1.91. The second kappa shape index (κ2) is 9.62. The van der Waals surface area contributed by atoms with Gasteiger partial charge in [-0.3, -0.25) is 14.5 Å². The molecule has 4 rings (SSSR count). The molecule has 30 heavy (non-hydrogen) atoms. The Kier molecular flexibility index (Phi) is 6.69. The highest BCUT2D eigenvalue weighted by atomic mass is 16.5. The lowest BCUT2D eigenvalue weighted by Crippen LogP contribution is -2.50. The summed E-state index contributed by atoms with van der Waals surface area (Å²) in [6.45, 7) is 4.84. The lowest BCUT2D eigenvalue weighted by atomic mass is 9.83. The third kappa shape index (κ3) is 4.68. The molecule has 2 atom stereocenters. The highest BCUT2D eigenvalue weighted by molar-refractivity contribution is 5.99. The molecule has 2 aromatic rings. The number of hydrogen-bond acceptors (Lipinski definition) is 4. The molecule has 2 amide bonds. The number of rotatable bonds is 6. The summed E-state index contributed by atoms with van der Waals surface area (Å²) < 4.78 is 7.29. The standard InChI is InChI=1S/C23H32N4O3/c1-26-20-9-5-2-6-17(20)16-21(26)23(29)25-19-8-4-3-7-18(19)22(28)24-10-11-27-12-14-30-15-13-27/h2,5-6,9,16,18-19H,3-4,7-8,10-15H2,1H3,(H,24,28)(H,25,29)/t18-,19+/m1/s1. The quantitative estimate of drug-likeness (QED) is 0.760. The van der Waals surface area contributed by atoms with E-state index in [1.54, 1.807) is 0 Å². The number of para-hydroxylation sites is 1. The van der Waals surface area contributed by atoms with Crippen LogP contribution in [0.3, 0.4) is 0 Å². The van der Waals surface area contributed by atoms with Crippen molar-refractivity contribution in [2.45, 2.75) is 31.7 Å². The molecule has 2 aliphatic rings. The van der Waals surface area contributed by atoms with Crippen LogP contribution in [0.2, 0.25) is 0 Å². The van der Waals surface area contributed by atoms with Crippen LogP contribution in [0, 0.1) is 5.92 Å². The average molecular weight is 413 g/mol. The maximum Gasteiger partial charge on any atom is 0.268 e. The van der Waals surface area contributed by atoms with Gasteiger partial charge in [0.1, 0.15) is 5.69 Å². The monoisotopic (exact) mass is 412 g/mol. The van der Waals surface area contributed by atoms with E-state index in [1.807, 2.05) is 41.9 Å². The summed E-state index contributed by atoms with van der Waals surface area (Å²) in [5.74, 6) is -0.209. The maximum absolute atomic E-state index is 13.0. The van der Waals surface area contributed by atoms with Gasteiger partial charge in [0.05, 0.1) is 19.1 Å².